The number of benzene rings is 3. The summed E-state index contributed by atoms with van der Waals surface area (Å²) in [6, 6.07) is 23.1. The molecular formula is C29H30ClN3O4. The van der Waals surface area contributed by atoms with E-state index in [2.05, 4.69) is 10.2 Å². The summed E-state index contributed by atoms with van der Waals surface area (Å²) < 4.78 is 7.65. The molecule has 0 aliphatic rings. The molecule has 192 valence electrons. The lowest BCUT2D eigenvalue weighted by Gasteiger charge is -2.22. The number of aromatic nitrogens is 1. The van der Waals surface area contributed by atoms with Crippen molar-refractivity contribution in [1.29, 1.82) is 0 Å². The van der Waals surface area contributed by atoms with Gasteiger partial charge < -0.3 is 24.6 Å². The summed E-state index contributed by atoms with van der Waals surface area (Å²) in [6.45, 7) is 6.13. The minimum Gasteiger partial charge on any atom is -0.420 e. The number of carbonyl (C=O) groups is 2. The number of halogens is 1. The SMILES string of the molecule is CCN(CC)CC(O)CNC(=O)c1c(OC(=O)c2ccc(Cl)cc2)c2ccccc2n1-c1ccccc1. The highest BCUT2D eigenvalue weighted by atomic mass is 35.5. The number of carbonyl (C=O) groups excluding carboxylic acids is 2. The normalized spacial score (nSPS) is 12.0. The average Bonchev–Trinajstić information content (AvgIpc) is 3.25. The van der Waals surface area contributed by atoms with Crippen LogP contribution in [0.1, 0.15) is 34.7 Å². The lowest BCUT2D eigenvalue weighted by molar-refractivity contribution is 0.0732. The van der Waals surface area contributed by atoms with Gasteiger partial charge in [0.05, 0.1) is 17.2 Å². The second-order valence-electron chi connectivity index (χ2n) is 8.61. The molecule has 1 amide bonds. The second kappa shape index (κ2) is 12.1. The molecule has 3 aromatic carbocycles. The summed E-state index contributed by atoms with van der Waals surface area (Å²) in [5.74, 6) is -0.920. The van der Waals surface area contributed by atoms with Crippen molar-refractivity contribution in [2.75, 3.05) is 26.2 Å². The van der Waals surface area contributed by atoms with E-state index in [0.29, 0.717) is 28.0 Å². The van der Waals surface area contributed by atoms with Gasteiger partial charge in [0, 0.05) is 29.2 Å². The number of aliphatic hydroxyl groups is 1. The van der Waals surface area contributed by atoms with Crippen molar-refractivity contribution in [2.24, 2.45) is 0 Å². The Bertz CT molecular complexity index is 1370. The molecule has 1 heterocycles. The van der Waals surface area contributed by atoms with Crippen LogP contribution < -0.4 is 10.1 Å². The quantitative estimate of drug-likeness (QED) is 0.290. The van der Waals surface area contributed by atoms with Crippen LogP contribution in [-0.4, -0.2) is 58.7 Å². The molecule has 4 rings (SSSR count). The number of rotatable bonds is 10. The van der Waals surface area contributed by atoms with E-state index in [1.54, 1.807) is 28.8 Å². The number of amides is 1. The van der Waals surface area contributed by atoms with Crippen LogP contribution in [-0.2, 0) is 0 Å². The van der Waals surface area contributed by atoms with Gasteiger partial charge in [-0.3, -0.25) is 4.79 Å². The lowest BCUT2D eigenvalue weighted by Crippen LogP contribution is -2.40. The molecule has 0 aliphatic carbocycles. The van der Waals surface area contributed by atoms with E-state index in [4.69, 9.17) is 16.3 Å². The van der Waals surface area contributed by atoms with Crippen LogP contribution in [0.25, 0.3) is 16.6 Å². The molecule has 0 aliphatic heterocycles. The molecule has 7 nitrogen and oxygen atoms in total. The van der Waals surface area contributed by atoms with Crippen molar-refractivity contribution in [3.63, 3.8) is 0 Å². The number of para-hydroxylation sites is 2. The first-order chi connectivity index (χ1) is 17.9. The Morgan fingerprint density at radius 1 is 0.973 bits per heavy atom. The fourth-order valence-corrected chi connectivity index (χ4v) is 4.37. The number of aliphatic hydroxyl groups excluding tert-OH is 1. The minimum absolute atomic E-state index is 0.0518. The van der Waals surface area contributed by atoms with Gasteiger partial charge in [0.1, 0.15) is 0 Å². The Morgan fingerprint density at radius 2 is 1.62 bits per heavy atom. The van der Waals surface area contributed by atoms with Crippen molar-refractivity contribution in [2.45, 2.75) is 20.0 Å². The maximum atomic E-state index is 13.7. The molecule has 0 radical (unpaired) electrons. The molecule has 0 fully saturated rings. The zero-order chi connectivity index (χ0) is 26.4. The third kappa shape index (κ3) is 6.02. The van der Waals surface area contributed by atoms with Gasteiger partial charge in [0.15, 0.2) is 11.4 Å². The Hall–Kier alpha value is -3.65. The molecular weight excluding hydrogens is 490 g/mol. The molecule has 37 heavy (non-hydrogen) atoms. The van der Waals surface area contributed by atoms with Crippen molar-refractivity contribution < 1.29 is 19.4 Å². The minimum atomic E-state index is -0.751. The highest BCUT2D eigenvalue weighted by molar-refractivity contribution is 6.30. The molecule has 0 saturated carbocycles. The number of ether oxygens (including phenoxy) is 1. The van der Waals surface area contributed by atoms with Crippen LogP contribution in [0.5, 0.6) is 5.75 Å². The molecule has 1 aromatic heterocycles. The first kappa shape index (κ1) is 26.4. The van der Waals surface area contributed by atoms with E-state index < -0.39 is 18.0 Å². The smallest absolute Gasteiger partial charge is 0.343 e. The molecule has 0 saturated heterocycles. The molecule has 8 heteroatoms. The monoisotopic (exact) mass is 519 g/mol. The highest BCUT2D eigenvalue weighted by Crippen LogP contribution is 2.36. The van der Waals surface area contributed by atoms with Crippen molar-refractivity contribution in [1.82, 2.24) is 14.8 Å². The molecule has 1 atom stereocenters. The summed E-state index contributed by atoms with van der Waals surface area (Å²) in [5.41, 5.74) is 1.93. The summed E-state index contributed by atoms with van der Waals surface area (Å²) in [7, 11) is 0. The highest BCUT2D eigenvalue weighted by Gasteiger charge is 2.27. The van der Waals surface area contributed by atoms with Gasteiger partial charge in [-0.15, -0.1) is 0 Å². The topological polar surface area (TPSA) is 83.8 Å². The molecule has 4 aromatic rings. The van der Waals surface area contributed by atoms with Crippen LogP contribution >= 0.6 is 11.6 Å². The second-order valence-corrected chi connectivity index (χ2v) is 9.05. The number of nitrogens with one attached hydrogen (secondary N) is 1. The predicted octanol–water partition coefficient (Wildman–Crippen LogP) is 4.94. The van der Waals surface area contributed by atoms with E-state index in [9.17, 15) is 14.7 Å². The molecule has 0 bridgehead atoms. The summed E-state index contributed by atoms with van der Waals surface area (Å²) >= 11 is 5.97. The average molecular weight is 520 g/mol. The van der Waals surface area contributed by atoms with E-state index in [1.807, 2.05) is 68.4 Å². The Balaban J connectivity index is 1.75. The number of hydrogen-bond acceptors (Lipinski definition) is 5. The maximum absolute atomic E-state index is 13.7. The fraction of sp³-hybridized carbons (Fsp3) is 0.241. The van der Waals surface area contributed by atoms with E-state index in [1.165, 1.54) is 0 Å². The van der Waals surface area contributed by atoms with E-state index in [-0.39, 0.29) is 18.0 Å². The predicted molar refractivity (Wildman–Crippen MR) is 146 cm³/mol. The van der Waals surface area contributed by atoms with Gasteiger partial charge in [-0.2, -0.15) is 0 Å². The molecule has 2 N–H and O–H groups in total. The van der Waals surface area contributed by atoms with Gasteiger partial charge >= 0.3 is 5.97 Å². The number of hydrogen-bond donors (Lipinski definition) is 2. The van der Waals surface area contributed by atoms with Crippen molar-refractivity contribution in [3.8, 4) is 11.4 Å². The Kier molecular flexibility index (Phi) is 8.61. The van der Waals surface area contributed by atoms with Gasteiger partial charge in [0.25, 0.3) is 5.91 Å². The van der Waals surface area contributed by atoms with Crippen molar-refractivity contribution >= 4 is 34.4 Å². The third-order valence-corrected chi connectivity index (χ3v) is 6.45. The largest absolute Gasteiger partial charge is 0.420 e. The fourth-order valence-electron chi connectivity index (χ4n) is 4.24. The number of fused-ring (bicyclic) bond motifs is 1. The van der Waals surface area contributed by atoms with Crippen LogP contribution in [0.2, 0.25) is 5.02 Å². The Labute approximate surface area is 221 Å². The number of likely N-dealkylation sites (N-methyl/N-ethyl adjacent to an activating group) is 1. The number of esters is 1. The molecule has 1 unspecified atom stereocenters. The zero-order valence-electron chi connectivity index (χ0n) is 20.9. The number of nitrogens with zero attached hydrogens (tertiary/aromatic N) is 2. The Morgan fingerprint density at radius 3 is 2.30 bits per heavy atom. The van der Waals surface area contributed by atoms with E-state index in [0.717, 1.165) is 18.8 Å². The lowest BCUT2D eigenvalue weighted by atomic mass is 10.2. The summed E-state index contributed by atoms with van der Waals surface area (Å²) in [4.78, 5) is 28.8. The summed E-state index contributed by atoms with van der Waals surface area (Å²) in [5, 5.41) is 14.5. The maximum Gasteiger partial charge on any atom is 0.343 e. The molecule has 0 spiro atoms. The van der Waals surface area contributed by atoms with Gasteiger partial charge in [0.2, 0.25) is 0 Å². The first-order valence-corrected chi connectivity index (χ1v) is 12.7. The van der Waals surface area contributed by atoms with Gasteiger partial charge in [-0.1, -0.05) is 55.8 Å². The van der Waals surface area contributed by atoms with Crippen LogP contribution in [0.3, 0.4) is 0 Å². The van der Waals surface area contributed by atoms with Crippen LogP contribution in [0, 0.1) is 0 Å². The van der Waals surface area contributed by atoms with Crippen LogP contribution in [0.15, 0.2) is 78.9 Å². The first-order valence-electron chi connectivity index (χ1n) is 12.3. The third-order valence-electron chi connectivity index (χ3n) is 6.19. The van der Waals surface area contributed by atoms with Crippen molar-refractivity contribution in [3.05, 3.63) is 95.1 Å². The van der Waals surface area contributed by atoms with E-state index >= 15 is 0 Å². The van der Waals surface area contributed by atoms with Gasteiger partial charge in [-0.25, -0.2) is 4.79 Å². The zero-order valence-corrected chi connectivity index (χ0v) is 21.6. The van der Waals surface area contributed by atoms with Gasteiger partial charge in [-0.05, 0) is 61.6 Å². The summed E-state index contributed by atoms with van der Waals surface area (Å²) in [6.07, 6.45) is -0.751. The van der Waals surface area contributed by atoms with Crippen LogP contribution in [0.4, 0.5) is 0 Å². The standard InChI is InChI=1S/C29H30ClN3O4/c1-3-32(4-2)19-23(34)18-31-28(35)26-27(37-29(36)20-14-16-21(30)17-15-20)24-12-8-9-13-25(24)33(26)22-10-6-5-7-11-22/h5-17,23,34H,3-4,18-19H2,1-2H3,(H,31,35).